The van der Waals surface area contributed by atoms with Gasteiger partial charge in [-0.3, -0.25) is 0 Å². The molecule has 0 amide bonds. The van der Waals surface area contributed by atoms with Crippen LogP contribution >= 0.6 is 0 Å². The van der Waals surface area contributed by atoms with E-state index in [0.29, 0.717) is 0 Å². The summed E-state index contributed by atoms with van der Waals surface area (Å²) < 4.78 is 0. The smallest absolute Gasteiger partial charge is 0.0155 e. The fourth-order valence-corrected chi connectivity index (χ4v) is 1.96. The van der Waals surface area contributed by atoms with Crippen LogP contribution in [0.4, 0.5) is 0 Å². The zero-order valence-corrected chi connectivity index (χ0v) is 11.2. The SMILES string of the molecule is CCCCC(C)C(C)(C)NC(C)(C)C. The molecule has 0 spiro atoms. The first-order valence-corrected chi connectivity index (χ1v) is 5.98. The van der Waals surface area contributed by atoms with Crippen LogP contribution in [0.3, 0.4) is 0 Å². The Morgan fingerprint density at radius 2 is 1.57 bits per heavy atom. The van der Waals surface area contributed by atoms with Gasteiger partial charge in [0.25, 0.3) is 0 Å². The van der Waals surface area contributed by atoms with E-state index >= 15 is 0 Å². The predicted molar refractivity (Wildman–Crippen MR) is 65.7 cm³/mol. The van der Waals surface area contributed by atoms with Crippen molar-refractivity contribution in [1.82, 2.24) is 5.32 Å². The lowest BCUT2D eigenvalue weighted by Gasteiger charge is -2.39. The molecule has 86 valence electrons. The highest BCUT2D eigenvalue weighted by atomic mass is 15.0. The summed E-state index contributed by atoms with van der Waals surface area (Å²) in [5, 5.41) is 3.70. The van der Waals surface area contributed by atoms with Gasteiger partial charge in [0.2, 0.25) is 0 Å². The van der Waals surface area contributed by atoms with E-state index < -0.39 is 0 Å². The summed E-state index contributed by atoms with van der Waals surface area (Å²) in [6.07, 6.45) is 3.97. The van der Waals surface area contributed by atoms with Crippen molar-refractivity contribution in [2.45, 2.75) is 78.8 Å². The van der Waals surface area contributed by atoms with Crippen LogP contribution in [-0.2, 0) is 0 Å². The van der Waals surface area contributed by atoms with Crippen LogP contribution in [0.25, 0.3) is 0 Å². The van der Waals surface area contributed by atoms with Gasteiger partial charge in [-0.2, -0.15) is 0 Å². The van der Waals surface area contributed by atoms with Gasteiger partial charge in [0.05, 0.1) is 0 Å². The molecule has 0 saturated heterocycles. The quantitative estimate of drug-likeness (QED) is 0.706. The van der Waals surface area contributed by atoms with Crippen LogP contribution in [-0.4, -0.2) is 11.1 Å². The van der Waals surface area contributed by atoms with Crippen molar-refractivity contribution in [2.75, 3.05) is 0 Å². The van der Waals surface area contributed by atoms with Gasteiger partial charge in [-0.15, -0.1) is 0 Å². The molecule has 0 rings (SSSR count). The molecule has 0 aliphatic rings. The first-order chi connectivity index (χ1) is 6.19. The molecule has 0 fully saturated rings. The molecule has 0 aliphatic heterocycles. The maximum absolute atomic E-state index is 3.70. The first kappa shape index (κ1) is 14.0. The average molecular weight is 199 g/mol. The van der Waals surface area contributed by atoms with Gasteiger partial charge in [-0.25, -0.2) is 0 Å². The lowest BCUT2D eigenvalue weighted by atomic mass is 9.83. The Morgan fingerprint density at radius 3 is 1.93 bits per heavy atom. The van der Waals surface area contributed by atoms with E-state index in [1.54, 1.807) is 0 Å². The van der Waals surface area contributed by atoms with E-state index in [-0.39, 0.29) is 11.1 Å². The molecule has 0 aromatic carbocycles. The molecule has 14 heavy (non-hydrogen) atoms. The summed E-state index contributed by atoms with van der Waals surface area (Å²) in [7, 11) is 0. The van der Waals surface area contributed by atoms with Gasteiger partial charge in [0.1, 0.15) is 0 Å². The Morgan fingerprint density at radius 1 is 1.07 bits per heavy atom. The number of hydrogen-bond acceptors (Lipinski definition) is 1. The molecule has 0 aromatic heterocycles. The minimum absolute atomic E-state index is 0.212. The van der Waals surface area contributed by atoms with Crippen LogP contribution in [0.5, 0.6) is 0 Å². The Hall–Kier alpha value is -0.0400. The van der Waals surface area contributed by atoms with Gasteiger partial charge >= 0.3 is 0 Å². The molecule has 0 bridgehead atoms. The van der Waals surface area contributed by atoms with Crippen LogP contribution in [0.1, 0.15) is 67.7 Å². The van der Waals surface area contributed by atoms with Crippen LogP contribution in [0.2, 0.25) is 0 Å². The number of rotatable bonds is 5. The molecule has 0 radical (unpaired) electrons. The summed E-state index contributed by atoms with van der Waals surface area (Å²) in [6, 6.07) is 0. The average Bonchev–Trinajstić information content (AvgIpc) is 1.95. The van der Waals surface area contributed by atoms with Crippen molar-refractivity contribution in [2.24, 2.45) is 5.92 Å². The van der Waals surface area contributed by atoms with Crippen molar-refractivity contribution in [3.63, 3.8) is 0 Å². The third kappa shape index (κ3) is 5.64. The van der Waals surface area contributed by atoms with Crippen molar-refractivity contribution in [3.05, 3.63) is 0 Å². The molecule has 1 atom stereocenters. The summed E-state index contributed by atoms with van der Waals surface area (Å²) in [5.74, 6) is 0.738. The summed E-state index contributed by atoms with van der Waals surface area (Å²) >= 11 is 0. The standard InChI is InChI=1S/C13H29N/c1-8-9-10-11(2)13(6,7)14-12(3,4)5/h11,14H,8-10H2,1-7H3. The number of hydrogen-bond donors (Lipinski definition) is 1. The molecule has 1 unspecified atom stereocenters. The van der Waals surface area contributed by atoms with Gasteiger partial charge in [0, 0.05) is 11.1 Å². The second-order valence-corrected chi connectivity index (χ2v) is 6.14. The molecule has 0 aromatic rings. The monoisotopic (exact) mass is 199 g/mol. The van der Waals surface area contributed by atoms with Crippen LogP contribution in [0, 0.1) is 5.92 Å². The van der Waals surface area contributed by atoms with E-state index in [9.17, 15) is 0 Å². The molecule has 0 aliphatic carbocycles. The maximum atomic E-state index is 3.70. The zero-order valence-electron chi connectivity index (χ0n) is 11.2. The van der Waals surface area contributed by atoms with E-state index in [1.165, 1.54) is 19.3 Å². The topological polar surface area (TPSA) is 12.0 Å². The molecule has 0 saturated carbocycles. The Bertz CT molecular complexity index is 153. The summed E-state index contributed by atoms with van der Waals surface area (Å²) in [6.45, 7) is 16.0. The second kappa shape index (κ2) is 5.16. The summed E-state index contributed by atoms with van der Waals surface area (Å²) in [5.41, 5.74) is 0.456. The predicted octanol–water partition coefficient (Wildman–Crippen LogP) is 3.98. The van der Waals surface area contributed by atoms with Crippen molar-refractivity contribution >= 4 is 0 Å². The first-order valence-electron chi connectivity index (χ1n) is 5.98. The molecule has 1 heteroatoms. The fraction of sp³-hybridized carbons (Fsp3) is 1.00. The second-order valence-electron chi connectivity index (χ2n) is 6.14. The molecule has 1 nitrogen and oxygen atoms in total. The Kier molecular flexibility index (Phi) is 5.14. The number of nitrogens with one attached hydrogen (secondary N) is 1. The maximum Gasteiger partial charge on any atom is 0.0155 e. The van der Waals surface area contributed by atoms with Crippen LogP contribution in [0.15, 0.2) is 0 Å². The Balaban J connectivity index is 4.15. The third-order valence-corrected chi connectivity index (χ3v) is 2.92. The molecule has 1 N–H and O–H groups in total. The lowest BCUT2D eigenvalue weighted by Crippen LogP contribution is -2.53. The fourth-order valence-electron chi connectivity index (χ4n) is 1.96. The molecule has 0 heterocycles. The van der Waals surface area contributed by atoms with E-state index in [1.807, 2.05) is 0 Å². The highest BCUT2D eigenvalue weighted by molar-refractivity contribution is 4.89. The van der Waals surface area contributed by atoms with Crippen molar-refractivity contribution < 1.29 is 0 Å². The van der Waals surface area contributed by atoms with Crippen molar-refractivity contribution in [1.29, 1.82) is 0 Å². The van der Waals surface area contributed by atoms with E-state index in [0.717, 1.165) is 5.92 Å². The minimum atomic E-state index is 0.212. The van der Waals surface area contributed by atoms with E-state index in [4.69, 9.17) is 0 Å². The lowest BCUT2D eigenvalue weighted by molar-refractivity contribution is 0.197. The third-order valence-electron chi connectivity index (χ3n) is 2.92. The Labute approximate surface area is 90.7 Å². The molecular weight excluding hydrogens is 170 g/mol. The van der Waals surface area contributed by atoms with Crippen LogP contribution < -0.4 is 5.32 Å². The summed E-state index contributed by atoms with van der Waals surface area (Å²) in [4.78, 5) is 0. The minimum Gasteiger partial charge on any atom is -0.307 e. The highest BCUT2D eigenvalue weighted by Gasteiger charge is 2.28. The normalized spacial score (nSPS) is 15.6. The van der Waals surface area contributed by atoms with E-state index in [2.05, 4.69) is 53.8 Å². The largest absolute Gasteiger partial charge is 0.307 e. The zero-order chi connectivity index (χ0) is 11.4. The van der Waals surface area contributed by atoms with Crippen molar-refractivity contribution in [3.8, 4) is 0 Å². The highest BCUT2D eigenvalue weighted by Crippen LogP contribution is 2.24. The molecular formula is C13H29N. The van der Waals surface area contributed by atoms with Gasteiger partial charge in [-0.1, -0.05) is 26.7 Å². The van der Waals surface area contributed by atoms with Gasteiger partial charge < -0.3 is 5.32 Å². The van der Waals surface area contributed by atoms with Gasteiger partial charge in [-0.05, 0) is 47.0 Å². The number of unbranched alkanes of at least 4 members (excludes halogenated alkanes) is 1. The van der Waals surface area contributed by atoms with Gasteiger partial charge in [0.15, 0.2) is 0 Å².